The predicted molar refractivity (Wildman–Crippen MR) is 194 cm³/mol. The van der Waals surface area contributed by atoms with Crippen LogP contribution < -0.4 is 4.90 Å². The molecule has 0 aromatic heterocycles. The van der Waals surface area contributed by atoms with Gasteiger partial charge >= 0.3 is 0 Å². The van der Waals surface area contributed by atoms with Crippen LogP contribution in [0, 0.1) is 0 Å². The monoisotopic (exact) mass is 581 g/mol. The number of anilines is 3. The Labute approximate surface area is 266 Å². The molecule has 0 bridgehead atoms. The van der Waals surface area contributed by atoms with Crippen molar-refractivity contribution >= 4 is 49.4 Å². The van der Waals surface area contributed by atoms with E-state index in [1.54, 1.807) is 0 Å². The van der Waals surface area contributed by atoms with E-state index in [1.807, 2.05) is 0 Å². The molecular formula is C44H39N. The van der Waals surface area contributed by atoms with Crippen molar-refractivity contribution in [1.82, 2.24) is 0 Å². The Bertz CT molecular complexity index is 2160. The third-order valence-corrected chi connectivity index (χ3v) is 10.3. The highest BCUT2D eigenvalue weighted by molar-refractivity contribution is 6.23. The summed E-state index contributed by atoms with van der Waals surface area (Å²) in [6.45, 7) is 9.74. The molecule has 0 unspecified atom stereocenters. The van der Waals surface area contributed by atoms with E-state index in [4.69, 9.17) is 0 Å². The molecule has 0 fully saturated rings. The molecule has 7 aromatic rings. The quantitative estimate of drug-likeness (QED) is 0.187. The molecule has 0 N–H and O–H groups in total. The lowest BCUT2D eigenvalue weighted by Gasteiger charge is -2.43. The fraction of sp³-hybridized carbons (Fsp3) is 0.182. The number of hydrogen-bond donors (Lipinski definition) is 0. The van der Waals surface area contributed by atoms with Crippen LogP contribution in [-0.4, -0.2) is 0 Å². The lowest BCUT2D eigenvalue weighted by Crippen LogP contribution is -2.34. The summed E-state index contributed by atoms with van der Waals surface area (Å²) >= 11 is 0. The summed E-state index contributed by atoms with van der Waals surface area (Å²) in [5, 5.41) is 7.57. The molecule has 7 aromatic carbocycles. The minimum absolute atomic E-state index is 0.0847. The van der Waals surface area contributed by atoms with Crippen molar-refractivity contribution in [2.45, 2.75) is 51.4 Å². The summed E-state index contributed by atoms with van der Waals surface area (Å²) in [5.41, 5.74) is 9.51. The number of nitrogens with zero attached hydrogens (tertiary/aromatic N) is 1. The van der Waals surface area contributed by atoms with Crippen molar-refractivity contribution in [3.05, 3.63) is 151 Å². The Kier molecular flexibility index (Phi) is 6.36. The topological polar surface area (TPSA) is 3.24 Å². The van der Waals surface area contributed by atoms with Gasteiger partial charge in [-0.3, -0.25) is 0 Å². The summed E-state index contributed by atoms with van der Waals surface area (Å²) < 4.78 is 0. The highest BCUT2D eigenvalue weighted by atomic mass is 15.1. The molecular weight excluding hydrogens is 542 g/mol. The van der Waals surface area contributed by atoms with Crippen molar-refractivity contribution in [2.24, 2.45) is 0 Å². The molecule has 0 aliphatic heterocycles. The first-order valence-electron chi connectivity index (χ1n) is 16.3. The van der Waals surface area contributed by atoms with Crippen LogP contribution in [0.15, 0.2) is 140 Å². The Morgan fingerprint density at radius 3 is 1.69 bits per heavy atom. The predicted octanol–water partition coefficient (Wildman–Crippen LogP) is 12.6. The normalized spacial score (nSPS) is 15.3. The first kappa shape index (κ1) is 27.7. The largest absolute Gasteiger partial charge is 0.309 e. The highest BCUT2D eigenvalue weighted by Crippen LogP contribution is 2.54. The molecule has 0 amide bonds. The summed E-state index contributed by atoms with van der Waals surface area (Å²) in [5.74, 6) is 0. The number of benzene rings is 7. The van der Waals surface area contributed by atoms with Crippen LogP contribution in [0.4, 0.5) is 17.1 Å². The summed E-state index contributed by atoms with van der Waals surface area (Å²) in [4.78, 5) is 2.49. The van der Waals surface area contributed by atoms with Gasteiger partial charge in [-0.15, -0.1) is 0 Å². The summed E-state index contributed by atoms with van der Waals surface area (Å²) in [6, 6.07) is 51.5. The van der Waals surface area contributed by atoms with Gasteiger partial charge in [0.15, 0.2) is 0 Å². The third kappa shape index (κ3) is 4.37. The molecule has 220 valence electrons. The zero-order valence-corrected chi connectivity index (χ0v) is 26.6. The maximum atomic E-state index is 2.49. The van der Waals surface area contributed by atoms with Gasteiger partial charge in [0.1, 0.15) is 0 Å². The zero-order valence-electron chi connectivity index (χ0n) is 26.6. The molecule has 0 saturated heterocycles. The van der Waals surface area contributed by atoms with Gasteiger partial charge in [-0.2, -0.15) is 0 Å². The van der Waals surface area contributed by atoms with E-state index >= 15 is 0 Å². The maximum absolute atomic E-state index is 2.49. The average Bonchev–Trinajstić information content (AvgIpc) is 3.07. The summed E-state index contributed by atoms with van der Waals surface area (Å²) in [6.07, 6.45) is 2.38. The minimum Gasteiger partial charge on any atom is -0.309 e. The van der Waals surface area contributed by atoms with Crippen LogP contribution in [0.3, 0.4) is 0 Å². The Balaban J connectivity index is 1.53. The second-order valence-electron chi connectivity index (χ2n) is 14.0. The van der Waals surface area contributed by atoms with Gasteiger partial charge in [-0.25, -0.2) is 0 Å². The lowest BCUT2D eigenvalue weighted by atomic mass is 9.61. The van der Waals surface area contributed by atoms with Gasteiger partial charge in [0.2, 0.25) is 0 Å². The van der Waals surface area contributed by atoms with Gasteiger partial charge in [0.25, 0.3) is 0 Å². The fourth-order valence-corrected chi connectivity index (χ4v) is 7.94. The minimum atomic E-state index is 0.0847. The van der Waals surface area contributed by atoms with E-state index in [-0.39, 0.29) is 10.8 Å². The SMILES string of the molecule is CC1(C)CCC(C)(C)c2c(-c3c4ccccc4c(N(c4ccccc4)c4cccc5ccccc45)c4ccccc34)cccc21. The number of para-hydroxylation sites is 1. The fourth-order valence-electron chi connectivity index (χ4n) is 7.94. The smallest absolute Gasteiger partial charge is 0.0619 e. The van der Waals surface area contributed by atoms with Gasteiger partial charge in [-0.1, -0.05) is 149 Å². The van der Waals surface area contributed by atoms with E-state index in [1.165, 1.54) is 78.8 Å². The molecule has 8 rings (SSSR count). The van der Waals surface area contributed by atoms with Crippen LogP contribution in [0.2, 0.25) is 0 Å². The highest BCUT2D eigenvalue weighted by Gasteiger charge is 2.39. The van der Waals surface area contributed by atoms with Crippen LogP contribution in [0.25, 0.3) is 43.4 Å². The van der Waals surface area contributed by atoms with Crippen molar-refractivity contribution in [1.29, 1.82) is 0 Å². The van der Waals surface area contributed by atoms with E-state index in [0.717, 1.165) is 5.69 Å². The van der Waals surface area contributed by atoms with Crippen molar-refractivity contribution in [2.75, 3.05) is 4.90 Å². The number of hydrogen-bond acceptors (Lipinski definition) is 1. The first-order chi connectivity index (χ1) is 21.9. The van der Waals surface area contributed by atoms with E-state index in [0.29, 0.717) is 0 Å². The van der Waals surface area contributed by atoms with E-state index in [9.17, 15) is 0 Å². The van der Waals surface area contributed by atoms with E-state index in [2.05, 4.69) is 172 Å². The van der Waals surface area contributed by atoms with Crippen LogP contribution in [0.1, 0.15) is 51.7 Å². The third-order valence-electron chi connectivity index (χ3n) is 10.3. The summed E-state index contributed by atoms with van der Waals surface area (Å²) in [7, 11) is 0. The van der Waals surface area contributed by atoms with Gasteiger partial charge in [0.05, 0.1) is 11.4 Å². The number of rotatable bonds is 4. The molecule has 0 saturated carbocycles. The van der Waals surface area contributed by atoms with Crippen LogP contribution in [-0.2, 0) is 10.8 Å². The standard InChI is InChI=1S/C44H39N/c1-43(2)28-29-44(3,4)41-37(25-15-26-38(41)43)40-33-21-10-12-23-35(33)42(36-24-13-11-22-34(36)40)45(31-18-6-5-7-19-31)39-27-14-17-30-16-8-9-20-32(30)39/h5-27H,28-29H2,1-4H3. The Hall–Kier alpha value is -4.88. The second-order valence-corrected chi connectivity index (χ2v) is 14.0. The van der Waals surface area contributed by atoms with Crippen LogP contribution >= 0.6 is 0 Å². The number of fused-ring (bicyclic) bond motifs is 4. The molecule has 1 heteroatoms. The van der Waals surface area contributed by atoms with E-state index < -0.39 is 0 Å². The first-order valence-corrected chi connectivity index (χ1v) is 16.3. The average molecular weight is 582 g/mol. The van der Waals surface area contributed by atoms with Crippen LogP contribution in [0.5, 0.6) is 0 Å². The van der Waals surface area contributed by atoms with Crippen molar-refractivity contribution in [3.8, 4) is 11.1 Å². The van der Waals surface area contributed by atoms with Gasteiger partial charge in [-0.05, 0) is 80.3 Å². The molecule has 45 heavy (non-hydrogen) atoms. The molecule has 0 atom stereocenters. The second kappa shape index (κ2) is 10.3. The van der Waals surface area contributed by atoms with Gasteiger partial charge < -0.3 is 4.90 Å². The molecule has 1 aliphatic carbocycles. The Morgan fingerprint density at radius 2 is 1.00 bits per heavy atom. The van der Waals surface area contributed by atoms with Crippen molar-refractivity contribution in [3.63, 3.8) is 0 Å². The van der Waals surface area contributed by atoms with Gasteiger partial charge in [0, 0.05) is 21.8 Å². The molecule has 1 aliphatic rings. The Morgan fingerprint density at radius 1 is 0.467 bits per heavy atom. The lowest BCUT2D eigenvalue weighted by molar-refractivity contribution is 0.333. The maximum Gasteiger partial charge on any atom is 0.0619 e. The molecule has 0 spiro atoms. The van der Waals surface area contributed by atoms with Crippen molar-refractivity contribution < 1.29 is 0 Å². The molecule has 1 nitrogen and oxygen atoms in total. The zero-order chi connectivity index (χ0) is 30.8. The molecule has 0 heterocycles. The molecule has 0 radical (unpaired) electrons.